The summed E-state index contributed by atoms with van der Waals surface area (Å²) in [5.74, 6) is 0.0796. The summed E-state index contributed by atoms with van der Waals surface area (Å²) in [6.45, 7) is 10.1. The third-order valence-electron chi connectivity index (χ3n) is 8.91. The van der Waals surface area contributed by atoms with Gasteiger partial charge in [0.2, 0.25) is 0 Å². The van der Waals surface area contributed by atoms with E-state index < -0.39 is 5.54 Å². The number of rotatable bonds is 7. The molecule has 3 aromatic rings. The van der Waals surface area contributed by atoms with Crippen molar-refractivity contribution in [1.82, 2.24) is 14.7 Å². The van der Waals surface area contributed by atoms with Crippen LogP contribution in [0.3, 0.4) is 0 Å². The van der Waals surface area contributed by atoms with Crippen LogP contribution in [0.1, 0.15) is 46.0 Å². The van der Waals surface area contributed by atoms with Gasteiger partial charge in [-0.1, -0.05) is 83.7 Å². The molecule has 222 valence electrons. The van der Waals surface area contributed by atoms with Crippen molar-refractivity contribution < 1.29 is 9.59 Å². The van der Waals surface area contributed by atoms with Gasteiger partial charge in [-0.3, -0.25) is 19.4 Å². The Bertz CT molecular complexity index is 1430. The van der Waals surface area contributed by atoms with Crippen LogP contribution in [-0.2, 0) is 16.9 Å². The molecule has 2 heterocycles. The van der Waals surface area contributed by atoms with Crippen molar-refractivity contribution in [2.75, 3.05) is 39.3 Å². The van der Waals surface area contributed by atoms with E-state index in [1.807, 2.05) is 43.0 Å². The molecule has 0 aliphatic carbocycles. The summed E-state index contributed by atoms with van der Waals surface area (Å²) in [5, 5.41) is 0.797. The van der Waals surface area contributed by atoms with Crippen molar-refractivity contribution in [3.63, 3.8) is 0 Å². The molecule has 0 bridgehead atoms. The fourth-order valence-corrected chi connectivity index (χ4v) is 7.32. The summed E-state index contributed by atoms with van der Waals surface area (Å²) in [6.07, 6.45) is 0.903. The number of nitrogens with zero attached hydrogens (tertiary/aromatic N) is 3. The topological polar surface area (TPSA) is 69.9 Å². The molecule has 42 heavy (non-hydrogen) atoms. The van der Waals surface area contributed by atoms with Crippen molar-refractivity contribution in [2.24, 2.45) is 11.7 Å². The first kappa shape index (κ1) is 30.7. The van der Waals surface area contributed by atoms with Crippen LogP contribution in [0, 0.1) is 19.8 Å². The van der Waals surface area contributed by atoms with Crippen LogP contribution in [0.25, 0.3) is 0 Å². The maximum atomic E-state index is 14.2. The molecule has 2 fully saturated rings. The number of likely N-dealkylation sites (tertiary alicyclic amines) is 1. The molecule has 0 saturated carbocycles. The number of hydrogen-bond acceptors (Lipinski definition) is 5. The van der Waals surface area contributed by atoms with Crippen LogP contribution in [0.2, 0.25) is 10.0 Å². The number of ketones is 1. The van der Waals surface area contributed by atoms with E-state index >= 15 is 0 Å². The Morgan fingerprint density at radius 1 is 0.929 bits per heavy atom. The van der Waals surface area contributed by atoms with Gasteiger partial charge >= 0.3 is 0 Å². The number of piperidine rings is 1. The normalized spacial score (nSPS) is 23.6. The van der Waals surface area contributed by atoms with E-state index in [0.29, 0.717) is 28.7 Å². The fourth-order valence-electron chi connectivity index (χ4n) is 7.02. The molecular formula is C34H40Cl2N4O2. The predicted molar refractivity (Wildman–Crippen MR) is 170 cm³/mol. The fraction of sp³-hybridized carbons (Fsp3) is 0.412. The first-order chi connectivity index (χ1) is 20.1. The molecular weight excluding hydrogens is 567 g/mol. The largest absolute Gasteiger partial charge is 0.335 e. The average molecular weight is 608 g/mol. The quantitative estimate of drug-likeness (QED) is 0.373. The molecule has 2 aliphatic rings. The van der Waals surface area contributed by atoms with E-state index in [1.54, 1.807) is 12.1 Å². The molecule has 3 aromatic carbocycles. The predicted octanol–water partition coefficient (Wildman–Crippen LogP) is 5.70. The van der Waals surface area contributed by atoms with Gasteiger partial charge in [-0.05, 0) is 68.1 Å². The maximum absolute atomic E-state index is 14.2. The summed E-state index contributed by atoms with van der Waals surface area (Å²) in [4.78, 5) is 34.7. The molecule has 0 spiro atoms. The third kappa shape index (κ3) is 6.15. The number of Topliss-reactive ketones (excluding diaryl/α,β-unsaturated/α-hetero) is 1. The first-order valence-corrected chi connectivity index (χ1v) is 15.5. The van der Waals surface area contributed by atoms with Gasteiger partial charge in [0.15, 0.2) is 5.78 Å². The van der Waals surface area contributed by atoms with Gasteiger partial charge in [0.1, 0.15) is 5.54 Å². The third-order valence-corrected chi connectivity index (χ3v) is 9.65. The zero-order valence-corrected chi connectivity index (χ0v) is 26.2. The lowest BCUT2D eigenvalue weighted by Gasteiger charge is -2.55. The second kappa shape index (κ2) is 12.9. The number of carbonyl (C=O) groups is 2. The Labute approximate surface area is 259 Å². The molecule has 6 nitrogen and oxygen atoms in total. The van der Waals surface area contributed by atoms with E-state index in [1.165, 1.54) is 5.56 Å². The van der Waals surface area contributed by atoms with Crippen LogP contribution in [0.5, 0.6) is 0 Å². The van der Waals surface area contributed by atoms with Gasteiger partial charge in [0.05, 0.1) is 23.1 Å². The van der Waals surface area contributed by atoms with Gasteiger partial charge in [0, 0.05) is 37.8 Å². The minimum atomic E-state index is -1.14. The highest BCUT2D eigenvalue weighted by Crippen LogP contribution is 2.41. The SMILES string of the molecule is Cc1cc(C)cc(C(=O)N2CCN(C3CCN(Cc4ccccc4)CC3C)C(C(=O)CN)(c3ccc(Cl)c(Cl)c3)C2)c1. The molecule has 1 amide bonds. The lowest BCUT2D eigenvalue weighted by molar-refractivity contribution is -0.141. The number of piperazine rings is 1. The minimum absolute atomic E-state index is 0.0820. The second-order valence-corrected chi connectivity index (χ2v) is 12.8. The van der Waals surface area contributed by atoms with Crippen molar-refractivity contribution in [1.29, 1.82) is 0 Å². The summed E-state index contributed by atoms with van der Waals surface area (Å²) in [6, 6.07) is 21.9. The summed E-state index contributed by atoms with van der Waals surface area (Å²) in [7, 11) is 0. The Morgan fingerprint density at radius 3 is 2.29 bits per heavy atom. The van der Waals surface area contributed by atoms with Crippen molar-refractivity contribution in [2.45, 2.75) is 45.3 Å². The van der Waals surface area contributed by atoms with Crippen LogP contribution in [0.4, 0.5) is 0 Å². The maximum Gasteiger partial charge on any atom is 0.254 e. The Morgan fingerprint density at radius 2 is 1.64 bits per heavy atom. The standard InChI is InChI=1S/C34H40Cl2N4O2/c1-23-15-24(2)17-27(16-23)33(42)39-13-14-40(31-11-12-38(20-25(31)3)21-26-7-5-4-6-8-26)34(22-39,32(41)19-37)28-9-10-29(35)30(36)18-28/h4-10,15-18,25,31H,11-14,19-22,37H2,1-3H3. The van der Waals surface area contributed by atoms with Gasteiger partial charge in [-0.2, -0.15) is 0 Å². The minimum Gasteiger partial charge on any atom is -0.335 e. The number of nitrogens with two attached hydrogens (primary N) is 1. The van der Waals surface area contributed by atoms with Crippen molar-refractivity contribution >= 4 is 34.9 Å². The second-order valence-electron chi connectivity index (χ2n) is 12.0. The number of carbonyl (C=O) groups excluding carboxylic acids is 2. The van der Waals surface area contributed by atoms with Crippen molar-refractivity contribution in [3.05, 3.63) is 105 Å². The van der Waals surface area contributed by atoms with Crippen molar-refractivity contribution in [3.8, 4) is 0 Å². The number of benzene rings is 3. The van der Waals surface area contributed by atoms with E-state index in [4.69, 9.17) is 28.9 Å². The number of amides is 1. The van der Waals surface area contributed by atoms with E-state index in [9.17, 15) is 9.59 Å². The van der Waals surface area contributed by atoms with E-state index in [-0.39, 0.29) is 36.7 Å². The number of halogens is 2. The van der Waals surface area contributed by atoms with Gasteiger partial charge in [-0.25, -0.2) is 0 Å². The molecule has 0 aromatic heterocycles. The zero-order chi connectivity index (χ0) is 30.0. The lowest BCUT2D eigenvalue weighted by atomic mass is 9.77. The number of aryl methyl sites for hydroxylation is 2. The van der Waals surface area contributed by atoms with Gasteiger partial charge in [-0.15, -0.1) is 0 Å². The first-order valence-electron chi connectivity index (χ1n) is 14.7. The molecule has 8 heteroatoms. The molecule has 0 radical (unpaired) electrons. The average Bonchev–Trinajstić information content (AvgIpc) is 2.97. The summed E-state index contributed by atoms with van der Waals surface area (Å²) in [5.41, 5.74) is 9.72. The molecule has 2 aliphatic heterocycles. The Balaban J connectivity index is 1.51. The highest BCUT2D eigenvalue weighted by Gasteiger charge is 2.53. The summed E-state index contributed by atoms with van der Waals surface area (Å²) < 4.78 is 0. The lowest BCUT2D eigenvalue weighted by Crippen LogP contribution is -2.70. The van der Waals surface area contributed by atoms with Crippen LogP contribution < -0.4 is 5.73 Å². The Hall–Kier alpha value is -2.74. The Kier molecular flexibility index (Phi) is 9.41. The molecule has 3 unspecified atom stereocenters. The van der Waals surface area contributed by atoms with Crippen LogP contribution in [-0.4, -0.2) is 71.7 Å². The highest BCUT2D eigenvalue weighted by atomic mass is 35.5. The van der Waals surface area contributed by atoms with E-state index in [2.05, 4.69) is 47.1 Å². The van der Waals surface area contributed by atoms with Crippen LogP contribution >= 0.6 is 23.2 Å². The van der Waals surface area contributed by atoms with E-state index in [0.717, 1.165) is 42.7 Å². The number of hydrogen-bond donors (Lipinski definition) is 1. The molecule has 3 atom stereocenters. The van der Waals surface area contributed by atoms with Crippen LogP contribution in [0.15, 0.2) is 66.7 Å². The zero-order valence-electron chi connectivity index (χ0n) is 24.7. The molecule has 2 N–H and O–H groups in total. The molecule has 2 saturated heterocycles. The monoisotopic (exact) mass is 606 g/mol. The van der Waals surface area contributed by atoms with Gasteiger partial charge in [0.25, 0.3) is 5.91 Å². The van der Waals surface area contributed by atoms with Gasteiger partial charge < -0.3 is 10.6 Å². The smallest absolute Gasteiger partial charge is 0.254 e. The summed E-state index contributed by atoms with van der Waals surface area (Å²) >= 11 is 12.9. The molecule has 5 rings (SSSR count). The highest BCUT2D eigenvalue weighted by molar-refractivity contribution is 6.42.